The molecule has 1 aromatic heterocycles. The van der Waals surface area contributed by atoms with Crippen LogP contribution < -0.4 is 15.5 Å². The number of amides is 1. The van der Waals surface area contributed by atoms with E-state index in [1.165, 1.54) is 6.07 Å². The maximum Gasteiger partial charge on any atom is 0.312 e. The molecule has 0 bridgehead atoms. The molecule has 3 aliphatic rings. The first kappa shape index (κ1) is 20.9. The summed E-state index contributed by atoms with van der Waals surface area (Å²) in [5, 5.41) is 18.1. The zero-order valence-corrected chi connectivity index (χ0v) is 18.0. The van der Waals surface area contributed by atoms with Gasteiger partial charge in [0.1, 0.15) is 5.82 Å². The van der Waals surface area contributed by atoms with Crippen LogP contribution in [-0.4, -0.2) is 41.0 Å². The van der Waals surface area contributed by atoms with E-state index in [1.54, 1.807) is 0 Å². The molecule has 164 valence electrons. The lowest BCUT2D eigenvalue weighted by Crippen LogP contribution is -2.40. The van der Waals surface area contributed by atoms with Crippen molar-refractivity contribution >= 4 is 23.2 Å². The molecule has 1 aliphatic heterocycles. The highest BCUT2D eigenvalue weighted by atomic mass is 16.6. The molecule has 4 rings (SSSR count). The van der Waals surface area contributed by atoms with E-state index in [4.69, 9.17) is 0 Å². The molecule has 1 saturated heterocycles. The summed E-state index contributed by atoms with van der Waals surface area (Å²) in [6.45, 7) is 6.11. The minimum absolute atomic E-state index is 0.113. The molecule has 0 unspecified atom stereocenters. The van der Waals surface area contributed by atoms with Gasteiger partial charge in [-0.2, -0.15) is 0 Å². The smallest absolute Gasteiger partial charge is 0.312 e. The second kappa shape index (κ2) is 8.78. The number of nitrogens with zero attached hydrogens (tertiary/aromatic N) is 3. The second-order valence-corrected chi connectivity index (χ2v) is 9.50. The number of nitro groups is 1. The molecule has 2 N–H and O–H groups in total. The zero-order valence-electron chi connectivity index (χ0n) is 18.0. The summed E-state index contributed by atoms with van der Waals surface area (Å²) >= 11 is 0. The van der Waals surface area contributed by atoms with Crippen molar-refractivity contribution in [2.75, 3.05) is 23.3 Å². The van der Waals surface area contributed by atoms with Crippen LogP contribution >= 0.6 is 0 Å². The fraction of sp³-hybridized carbons (Fsp3) is 0.727. The fourth-order valence-corrected chi connectivity index (χ4v) is 4.46. The molecule has 0 aromatic carbocycles. The topological polar surface area (TPSA) is 100 Å². The summed E-state index contributed by atoms with van der Waals surface area (Å²) in [7, 11) is 0. The third-order valence-electron chi connectivity index (χ3n) is 6.78. The summed E-state index contributed by atoms with van der Waals surface area (Å²) < 4.78 is 0. The van der Waals surface area contributed by atoms with Crippen LogP contribution in [0.1, 0.15) is 75.6 Å². The van der Waals surface area contributed by atoms with Crippen LogP contribution in [0.15, 0.2) is 6.07 Å². The highest BCUT2D eigenvalue weighted by molar-refractivity contribution is 6.00. The van der Waals surface area contributed by atoms with E-state index in [-0.39, 0.29) is 23.7 Å². The van der Waals surface area contributed by atoms with E-state index in [9.17, 15) is 14.9 Å². The van der Waals surface area contributed by atoms with Crippen molar-refractivity contribution in [3.05, 3.63) is 21.7 Å². The fourth-order valence-electron chi connectivity index (χ4n) is 4.46. The first-order valence-electron chi connectivity index (χ1n) is 11.4. The Morgan fingerprint density at radius 3 is 2.23 bits per heavy atom. The molecule has 0 radical (unpaired) electrons. The summed E-state index contributed by atoms with van der Waals surface area (Å²) in [5.74, 6) is 1.97. The third kappa shape index (κ3) is 4.84. The number of carbonyl (C=O) groups excluding carboxylic acids is 1. The number of piperidine rings is 1. The Labute approximate surface area is 178 Å². The van der Waals surface area contributed by atoms with Crippen molar-refractivity contribution in [1.82, 2.24) is 10.3 Å². The molecule has 2 aliphatic carbocycles. The monoisotopic (exact) mass is 415 g/mol. The molecule has 0 atom stereocenters. The molecule has 0 spiro atoms. The number of hydrogen-bond acceptors (Lipinski definition) is 6. The van der Waals surface area contributed by atoms with E-state index in [1.807, 2.05) is 0 Å². The van der Waals surface area contributed by atoms with Crippen LogP contribution in [0.4, 0.5) is 17.3 Å². The summed E-state index contributed by atoms with van der Waals surface area (Å²) in [6.07, 6.45) is 8.18. The van der Waals surface area contributed by atoms with Crippen molar-refractivity contribution in [1.29, 1.82) is 0 Å². The van der Waals surface area contributed by atoms with Gasteiger partial charge in [0.2, 0.25) is 5.82 Å². The van der Waals surface area contributed by atoms with E-state index in [0.717, 1.165) is 64.5 Å². The maximum absolute atomic E-state index is 13.2. The number of nitrogens with one attached hydrogen (secondary N) is 2. The first-order valence-corrected chi connectivity index (χ1v) is 11.4. The van der Waals surface area contributed by atoms with Gasteiger partial charge >= 0.3 is 5.69 Å². The van der Waals surface area contributed by atoms with Gasteiger partial charge in [0.25, 0.3) is 5.91 Å². The highest BCUT2D eigenvalue weighted by Gasteiger charge is 2.32. The van der Waals surface area contributed by atoms with Gasteiger partial charge in [0, 0.05) is 31.2 Å². The molecule has 2 saturated carbocycles. The Morgan fingerprint density at radius 1 is 1.03 bits per heavy atom. The Bertz CT molecular complexity index is 794. The number of anilines is 2. The summed E-state index contributed by atoms with van der Waals surface area (Å²) in [6, 6.07) is 1.81. The minimum atomic E-state index is -0.432. The number of aromatic nitrogens is 1. The number of hydrogen-bond donors (Lipinski definition) is 2. The Morgan fingerprint density at radius 2 is 1.63 bits per heavy atom. The average Bonchev–Trinajstić information content (AvgIpc) is 3.54. The lowest BCUT2D eigenvalue weighted by Gasteiger charge is -2.33. The predicted octanol–water partition coefficient (Wildman–Crippen LogP) is 4.11. The highest BCUT2D eigenvalue weighted by Crippen LogP contribution is 2.35. The van der Waals surface area contributed by atoms with Crippen molar-refractivity contribution in [2.24, 2.45) is 11.8 Å². The number of pyridine rings is 1. The Hall–Kier alpha value is -2.38. The van der Waals surface area contributed by atoms with Gasteiger partial charge in [0.15, 0.2) is 0 Å². The lowest BCUT2D eigenvalue weighted by atomic mass is 9.87. The number of rotatable bonds is 6. The van der Waals surface area contributed by atoms with E-state index in [2.05, 4.69) is 34.4 Å². The van der Waals surface area contributed by atoms with Crippen molar-refractivity contribution < 1.29 is 9.72 Å². The molecule has 3 fully saturated rings. The summed E-state index contributed by atoms with van der Waals surface area (Å²) in [5.41, 5.74) is 0.217. The van der Waals surface area contributed by atoms with E-state index in [0.29, 0.717) is 29.0 Å². The summed E-state index contributed by atoms with van der Waals surface area (Å²) in [4.78, 5) is 31.3. The van der Waals surface area contributed by atoms with E-state index < -0.39 is 4.92 Å². The van der Waals surface area contributed by atoms with Gasteiger partial charge in [-0.3, -0.25) is 14.9 Å². The maximum atomic E-state index is 13.2. The van der Waals surface area contributed by atoms with Crippen LogP contribution in [0.25, 0.3) is 0 Å². The molecule has 8 heteroatoms. The third-order valence-corrected chi connectivity index (χ3v) is 6.78. The van der Waals surface area contributed by atoms with Gasteiger partial charge in [0.05, 0.1) is 10.5 Å². The largest absolute Gasteiger partial charge is 0.362 e. The van der Waals surface area contributed by atoms with E-state index >= 15 is 0 Å². The van der Waals surface area contributed by atoms with Crippen LogP contribution in [0.5, 0.6) is 0 Å². The van der Waals surface area contributed by atoms with Gasteiger partial charge in [-0.05, 0) is 63.2 Å². The molecule has 8 nitrogen and oxygen atoms in total. The predicted molar refractivity (Wildman–Crippen MR) is 117 cm³/mol. The molecular weight excluding hydrogens is 382 g/mol. The minimum Gasteiger partial charge on any atom is -0.362 e. The standard InChI is InChI=1S/C22H33N5O3/c1-14-3-5-17(6-4-14)24-22(28)18-13-19(27(29)30)20(23-16-7-8-16)25-21(18)26-11-9-15(2)10-12-26/h13-17H,3-12H2,1-2H3,(H,23,25)(H,24,28)/t14-,17-. The van der Waals surface area contributed by atoms with Gasteiger partial charge in [-0.25, -0.2) is 4.98 Å². The first-order chi connectivity index (χ1) is 14.4. The SMILES string of the molecule is CC1CCN(c2nc(NC3CC3)c([N+](=O)[O-])cc2C(=O)N[C@H]2CC[C@H](C)CC2)CC1. The quantitative estimate of drug-likeness (QED) is 0.536. The van der Waals surface area contributed by atoms with Gasteiger partial charge in [-0.15, -0.1) is 0 Å². The second-order valence-electron chi connectivity index (χ2n) is 9.50. The number of carbonyl (C=O) groups is 1. The molecular formula is C22H33N5O3. The van der Waals surface area contributed by atoms with Gasteiger partial charge < -0.3 is 15.5 Å². The van der Waals surface area contributed by atoms with Crippen molar-refractivity contribution in [3.8, 4) is 0 Å². The van der Waals surface area contributed by atoms with Crippen LogP contribution in [0, 0.1) is 22.0 Å². The van der Waals surface area contributed by atoms with Crippen LogP contribution in [0.3, 0.4) is 0 Å². The van der Waals surface area contributed by atoms with Crippen molar-refractivity contribution in [2.45, 2.75) is 77.3 Å². The molecule has 1 aromatic rings. The average molecular weight is 416 g/mol. The van der Waals surface area contributed by atoms with Crippen LogP contribution in [0.2, 0.25) is 0 Å². The van der Waals surface area contributed by atoms with Gasteiger partial charge in [-0.1, -0.05) is 13.8 Å². The zero-order chi connectivity index (χ0) is 21.3. The Kier molecular flexibility index (Phi) is 6.11. The normalized spacial score (nSPS) is 25.1. The molecule has 30 heavy (non-hydrogen) atoms. The molecule has 1 amide bonds. The Balaban J connectivity index is 1.64. The van der Waals surface area contributed by atoms with Crippen molar-refractivity contribution in [3.63, 3.8) is 0 Å². The molecule has 2 heterocycles. The lowest BCUT2D eigenvalue weighted by molar-refractivity contribution is -0.384. The van der Waals surface area contributed by atoms with Crippen LogP contribution in [-0.2, 0) is 0 Å².